The lowest BCUT2D eigenvalue weighted by atomic mass is 10.2. The molecule has 0 bridgehead atoms. The first-order chi connectivity index (χ1) is 13.8. The van der Waals surface area contributed by atoms with E-state index in [1.807, 2.05) is 0 Å². The van der Waals surface area contributed by atoms with Crippen LogP contribution in [0.4, 0.5) is 4.39 Å². The van der Waals surface area contributed by atoms with Crippen LogP contribution in [0, 0.1) is 12.7 Å². The van der Waals surface area contributed by atoms with E-state index in [-0.39, 0.29) is 23.6 Å². The van der Waals surface area contributed by atoms with E-state index in [0.717, 1.165) is 4.31 Å². The number of benzene rings is 2. The molecule has 7 nitrogen and oxygen atoms in total. The molecule has 0 amide bonds. The van der Waals surface area contributed by atoms with Gasteiger partial charge in [-0.15, -0.1) is 0 Å². The fourth-order valence-electron chi connectivity index (χ4n) is 3.34. The van der Waals surface area contributed by atoms with Crippen LogP contribution in [-0.4, -0.2) is 51.6 Å². The minimum Gasteiger partial charge on any atom is -0.496 e. The predicted molar refractivity (Wildman–Crippen MR) is 103 cm³/mol. The van der Waals surface area contributed by atoms with Crippen LogP contribution in [0.5, 0.6) is 11.5 Å². The van der Waals surface area contributed by atoms with Gasteiger partial charge in [0.2, 0.25) is 10.0 Å². The summed E-state index contributed by atoms with van der Waals surface area (Å²) >= 11 is 0. The topological polar surface area (TPSA) is 82.1 Å². The van der Waals surface area contributed by atoms with Crippen molar-refractivity contribution in [3.8, 4) is 11.5 Å². The highest BCUT2D eigenvalue weighted by Gasteiger charge is 2.45. The zero-order valence-electron chi connectivity index (χ0n) is 16.3. The third kappa shape index (κ3) is 4.20. The fraction of sp³-hybridized carbons (Fsp3) is 0.350. The molecule has 1 aliphatic heterocycles. The SMILES string of the molecule is COC(=O)C1CC(Oc2ccccc2F)CN1S(=O)(=O)c1ccc(OC)c(C)c1. The summed E-state index contributed by atoms with van der Waals surface area (Å²) in [5, 5.41) is 0. The monoisotopic (exact) mass is 423 g/mol. The van der Waals surface area contributed by atoms with Crippen LogP contribution in [0.25, 0.3) is 0 Å². The largest absolute Gasteiger partial charge is 0.496 e. The highest BCUT2D eigenvalue weighted by atomic mass is 32.2. The van der Waals surface area contributed by atoms with E-state index in [0.29, 0.717) is 11.3 Å². The number of aryl methyl sites for hydroxylation is 1. The first kappa shape index (κ1) is 21.1. The molecule has 1 heterocycles. The minimum atomic E-state index is -4.02. The number of para-hydroxylation sites is 1. The molecular formula is C20H22FNO6S. The number of rotatable bonds is 6. The van der Waals surface area contributed by atoms with Crippen LogP contribution in [0.15, 0.2) is 47.4 Å². The van der Waals surface area contributed by atoms with Crippen LogP contribution in [0.3, 0.4) is 0 Å². The molecule has 29 heavy (non-hydrogen) atoms. The molecule has 0 spiro atoms. The summed E-state index contributed by atoms with van der Waals surface area (Å²) in [4.78, 5) is 12.3. The summed E-state index contributed by atoms with van der Waals surface area (Å²) in [5.41, 5.74) is 0.640. The van der Waals surface area contributed by atoms with Crippen molar-refractivity contribution in [2.45, 2.75) is 30.4 Å². The van der Waals surface area contributed by atoms with Gasteiger partial charge >= 0.3 is 5.97 Å². The summed E-state index contributed by atoms with van der Waals surface area (Å²) < 4.78 is 57.0. The summed E-state index contributed by atoms with van der Waals surface area (Å²) in [7, 11) is -1.34. The maximum atomic E-state index is 13.9. The zero-order valence-corrected chi connectivity index (χ0v) is 17.1. The van der Waals surface area contributed by atoms with E-state index in [9.17, 15) is 17.6 Å². The Hall–Kier alpha value is -2.65. The van der Waals surface area contributed by atoms with Crippen LogP contribution in [0.1, 0.15) is 12.0 Å². The second kappa shape index (κ2) is 8.38. The maximum absolute atomic E-state index is 13.9. The smallest absolute Gasteiger partial charge is 0.324 e. The Morgan fingerprint density at radius 1 is 1.14 bits per heavy atom. The summed E-state index contributed by atoms with van der Waals surface area (Å²) in [6, 6.07) is 9.22. The fourth-order valence-corrected chi connectivity index (χ4v) is 5.04. The van der Waals surface area contributed by atoms with Gasteiger partial charge in [0.25, 0.3) is 0 Å². The lowest BCUT2D eigenvalue weighted by molar-refractivity contribution is -0.144. The molecule has 0 saturated carbocycles. The van der Waals surface area contributed by atoms with E-state index in [4.69, 9.17) is 14.2 Å². The van der Waals surface area contributed by atoms with Gasteiger partial charge in [0.15, 0.2) is 11.6 Å². The molecule has 3 rings (SSSR count). The van der Waals surface area contributed by atoms with Gasteiger partial charge in [0, 0.05) is 6.42 Å². The van der Waals surface area contributed by atoms with Crippen LogP contribution in [0.2, 0.25) is 0 Å². The Labute approximate surface area is 169 Å². The molecule has 0 aliphatic carbocycles. The second-order valence-electron chi connectivity index (χ2n) is 6.65. The lowest BCUT2D eigenvalue weighted by Crippen LogP contribution is -2.41. The van der Waals surface area contributed by atoms with Crippen molar-refractivity contribution in [3.63, 3.8) is 0 Å². The summed E-state index contributed by atoms with van der Waals surface area (Å²) in [6.07, 6.45) is -0.653. The Morgan fingerprint density at radius 2 is 1.86 bits per heavy atom. The number of halogens is 1. The highest BCUT2D eigenvalue weighted by Crippen LogP contribution is 2.31. The molecule has 0 N–H and O–H groups in total. The van der Waals surface area contributed by atoms with Crippen molar-refractivity contribution in [2.24, 2.45) is 0 Å². The molecule has 2 atom stereocenters. The van der Waals surface area contributed by atoms with Gasteiger partial charge < -0.3 is 14.2 Å². The van der Waals surface area contributed by atoms with Crippen molar-refractivity contribution in [1.29, 1.82) is 0 Å². The van der Waals surface area contributed by atoms with Crippen LogP contribution >= 0.6 is 0 Å². The van der Waals surface area contributed by atoms with E-state index < -0.39 is 34.0 Å². The van der Waals surface area contributed by atoms with E-state index in [2.05, 4.69) is 0 Å². The molecule has 2 unspecified atom stereocenters. The summed E-state index contributed by atoms with van der Waals surface area (Å²) in [6.45, 7) is 1.62. The first-order valence-electron chi connectivity index (χ1n) is 8.93. The van der Waals surface area contributed by atoms with Crippen molar-refractivity contribution in [3.05, 3.63) is 53.8 Å². The number of methoxy groups -OCH3 is 2. The molecule has 156 valence electrons. The van der Waals surface area contributed by atoms with Gasteiger partial charge in [-0.1, -0.05) is 12.1 Å². The van der Waals surface area contributed by atoms with Gasteiger partial charge in [-0.25, -0.2) is 12.8 Å². The quantitative estimate of drug-likeness (QED) is 0.664. The molecular weight excluding hydrogens is 401 g/mol. The van der Waals surface area contributed by atoms with Crippen molar-refractivity contribution in [2.75, 3.05) is 20.8 Å². The van der Waals surface area contributed by atoms with Crippen molar-refractivity contribution in [1.82, 2.24) is 4.31 Å². The van der Waals surface area contributed by atoms with Gasteiger partial charge in [-0.05, 0) is 42.8 Å². The Balaban J connectivity index is 1.91. The number of nitrogens with zero attached hydrogens (tertiary/aromatic N) is 1. The standard InChI is InChI=1S/C20H22FNO6S/c1-13-10-15(8-9-18(13)26-2)29(24,25)22-12-14(11-17(22)20(23)27-3)28-19-7-5-4-6-16(19)21/h4-10,14,17H,11-12H2,1-3H3. The molecule has 1 fully saturated rings. The summed E-state index contributed by atoms with van der Waals surface area (Å²) in [5.74, 6) is -0.705. The number of carbonyl (C=O) groups is 1. The second-order valence-corrected chi connectivity index (χ2v) is 8.54. The van der Waals surface area contributed by atoms with Crippen LogP contribution < -0.4 is 9.47 Å². The molecule has 0 radical (unpaired) electrons. The molecule has 1 aliphatic rings. The Kier molecular flexibility index (Phi) is 6.09. The average Bonchev–Trinajstić information content (AvgIpc) is 3.14. The van der Waals surface area contributed by atoms with Gasteiger partial charge in [0.1, 0.15) is 17.9 Å². The number of carbonyl (C=O) groups excluding carboxylic acids is 1. The van der Waals surface area contributed by atoms with E-state index >= 15 is 0 Å². The average molecular weight is 423 g/mol. The predicted octanol–water partition coefficient (Wildman–Crippen LogP) is 2.53. The maximum Gasteiger partial charge on any atom is 0.324 e. The minimum absolute atomic E-state index is 0.000607. The molecule has 0 aromatic heterocycles. The van der Waals surface area contributed by atoms with Gasteiger partial charge in [-0.2, -0.15) is 4.31 Å². The molecule has 1 saturated heterocycles. The van der Waals surface area contributed by atoms with Crippen LogP contribution in [-0.2, 0) is 19.6 Å². The first-order valence-corrected chi connectivity index (χ1v) is 10.4. The number of sulfonamides is 1. The molecule has 9 heteroatoms. The Bertz CT molecular complexity index is 1010. The third-order valence-electron chi connectivity index (χ3n) is 4.79. The lowest BCUT2D eigenvalue weighted by Gasteiger charge is -2.22. The van der Waals surface area contributed by atoms with Gasteiger partial charge in [-0.3, -0.25) is 4.79 Å². The zero-order chi connectivity index (χ0) is 21.2. The number of esters is 1. The third-order valence-corrected chi connectivity index (χ3v) is 6.66. The van der Waals surface area contributed by atoms with E-state index in [1.54, 1.807) is 19.1 Å². The molecule has 2 aromatic rings. The molecule has 2 aromatic carbocycles. The number of hydrogen-bond acceptors (Lipinski definition) is 6. The Morgan fingerprint density at radius 3 is 2.48 bits per heavy atom. The van der Waals surface area contributed by atoms with Crippen molar-refractivity contribution < 1.29 is 31.8 Å². The number of ether oxygens (including phenoxy) is 3. The van der Waals surface area contributed by atoms with Gasteiger partial charge in [0.05, 0.1) is 25.7 Å². The van der Waals surface area contributed by atoms with E-state index in [1.165, 1.54) is 44.6 Å². The number of hydrogen-bond donors (Lipinski definition) is 0. The normalized spacial score (nSPS) is 19.7. The highest BCUT2D eigenvalue weighted by molar-refractivity contribution is 7.89. The van der Waals surface area contributed by atoms with Crippen molar-refractivity contribution >= 4 is 16.0 Å².